The molecular weight excluding hydrogens is 199 g/mol. The molecule has 76 valence electrons. The average molecular weight is 208 g/mol. The van der Waals surface area contributed by atoms with E-state index in [0.717, 1.165) is 5.46 Å². The molecule has 0 fully saturated rings. The SMILES string of the molecule is Bc1ccc2oc3ccccc3c(=O)c2c1. The predicted molar refractivity (Wildman–Crippen MR) is 68.2 cm³/mol. The minimum absolute atomic E-state index is 0.0422. The van der Waals surface area contributed by atoms with Crippen LogP contribution in [0, 0.1) is 0 Å². The zero-order chi connectivity index (χ0) is 11.1. The lowest BCUT2D eigenvalue weighted by Crippen LogP contribution is -2.07. The lowest BCUT2D eigenvalue weighted by Gasteiger charge is -2.01. The predicted octanol–water partition coefficient (Wildman–Crippen LogP) is 1.20. The molecule has 3 aromatic rings. The summed E-state index contributed by atoms with van der Waals surface area (Å²) in [5, 5.41) is 1.29. The smallest absolute Gasteiger partial charge is 0.200 e. The van der Waals surface area contributed by atoms with E-state index < -0.39 is 0 Å². The Bertz CT molecular complexity index is 744. The van der Waals surface area contributed by atoms with Crippen molar-refractivity contribution in [3.05, 3.63) is 52.7 Å². The molecule has 0 unspecified atom stereocenters. The zero-order valence-corrected chi connectivity index (χ0v) is 8.86. The quantitative estimate of drug-likeness (QED) is 0.410. The van der Waals surface area contributed by atoms with E-state index in [-0.39, 0.29) is 5.43 Å². The van der Waals surface area contributed by atoms with Crippen LogP contribution in [0.3, 0.4) is 0 Å². The van der Waals surface area contributed by atoms with Crippen LogP contribution in [-0.4, -0.2) is 7.85 Å². The summed E-state index contributed by atoms with van der Waals surface area (Å²) in [5.74, 6) is 0. The van der Waals surface area contributed by atoms with Crippen LogP contribution in [0.2, 0.25) is 0 Å². The van der Waals surface area contributed by atoms with Gasteiger partial charge in [0, 0.05) is 0 Å². The number of benzene rings is 2. The average Bonchev–Trinajstić information content (AvgIpc) is 2.31. The Balaban J connectivity index is 2.61. The second-order valence-electron chi connectivity index (χ2n) is 3.93. The van der Waals surface area contributed by atoms with Crippen molar-refractivity contribution >= 4 is 35.2 Å². The van der Waals surface area contributed by atoms with Crippen LogP contribution in [0.1, 0.15) is 0 Å². The van der Waals surface area contributed by atoms with Gasteiger partial charge < -0.3 is 4.42 Å². The Labute approximate surface area is 92.9 Å². The van der Waals surface area contributed by atoms with Gasteiger partial charge in [0.1, 0.15) is 19.0 Å². The fraction of sp³-hybridized carbons (Fsp3) is 0. The molecule has 3 heteroatoms. The van der Waals surface area contributed by atoms with E-state index in [2.05, 4.69) is 0 Å². The summed E-state index contributed by atoms with van der Waals surface area (Å²) in [7, 11) is 1.97. The van der Waals surface area contributed by atoms with Gasteiger partial charge in [0.15, 0.2) is 0 Å². The maximum atomic E-state index is 12.2. The number of hydrogen-bond acceptors (Lipinski definition) is 2. The molecule has 0 amide bonds. The standard InChI is InChI=1S/C13H9BO2/c14-8-5-6-12-10(7-8)13(15)9-3-1-2-4-11(9)16-12/h1-7H,14H2. The lowest BCUT2D eigenvalue weighted by atomic mass is 9.94. The summed E-state index contributed by atoms with van der Waals surface area (Å²) in [6.45, 7) is 0. The van der Waals surface area contributed by atoms with E-state index in [1.165, 1.54) is 0 Å². The summed E-state index contributed by atoms with van der Waals surface area (Å²) >= 11 is 0. The molecule has 0 aliphatic carbocycles. The van der Waals surface area contributed by atoms with Crippen molar-refractivity contribution in [3.63, 3.8) is 0 Å². The van der Waals surface area contributed by atoms with Crippen molar-refractivity contribution < 1.29 is 4.42 Å². The van der Waals surface area contributed by atoms with Gasteiger partial charge in [-0.1, -0.05) is 29.7 Å². The highest BCUT2D eigenvalue weighted by Crippen LogP contribution is 2.16. The van der Waals surface area contributed by atoms with Gasteiger partial charge >= 0.3 is 0 Å². The first-order chi connectivity index (χ1) is 7.75. The van der Waals surface area contributed by atoms with Crippen molar-refractivity contribution in [3.8, 4) is 0 Å². The molecule has 0 aliphatic rings. The Morgan fingerprint density at radius 3 is 2.56 bits per heavy atom. The Kier molecular flexibility index (Phi) is 1.87. The van der Waals surface area contributed by atoms with Crippen LogP contribution in [0.4, 0.5) is 0 Å². The van der Waals surface area contributed by atoms with Gasteiger partial charge in [-0.2, -0.15) is 0 Å². The van der Waals surface area contributed by atoms with E-state index in [9.17, 15) is 4.79 Å². The van der Waals surface area contributed by atoms with E-state index in [1.54, 1.807) is 6.07 Å². The summed E-state index contributed by atoms with van der Waals surface area (Å²) in [5.41, 5.74) is 2.40. The Morgan fingerprint density at radius 1 is 0.938 bits per heavy atom. The van der Waals surface area contributed by atoms with E-state index in [0.29, 0.717) is 21.9 Å². The number of para-hydroxylation sites is 1. The molecule has 0 N–H and O–H groups in total. The first kappa shape index (κ1) is 9.22. The van der Waals surface area contributed by atoms with Gasteiger partial charge in [0.2, 0.25) is 5.43 Å². The normalized spacial score (nSPS) is 11.0. The van der Waals surface area contributed by atoms with Gasteiger partial charge in [0.05, 0.1) is 10.8 Å². The highest BCUT2D eigenvalue weighted by Gasteiger charge is 2.06. The molecule has 0 spiro atoms. The molecule has 2 aromatic carbocycles. The van der Waals surface area contributed by atoms with Gasteiger partial charge in [0.25, 0.3) is 0 Å². The first-order valence-electron chi connectivity index (χ1n) is 5.18. The summed E-state index contributed by atoms with van der Waals surface area (Å²) in [6.07, 6.45) is 0. The fourth-order valence-electron chi connectivity index (χ4n) is 1.92. The third kappa shape index (κ3) is 1.25. The molecule has 0 saturated heterocycles. The number of rotatable bonds is 0. The fourth-order valence-corrected chi connectivity index (χ4v) is 1.92. The molecular formula is C13H9BO2. The van der Waals surface area contributed by atoms with E-state index in [1.807, 2.05) is 44.2 Å². The van der Waals surface area contributed by atoms with Crippen molar-refractivity contribution in [2.24, 2.45) is 0 Å². The third-order valence-corrected chi connectivity index (χ3v) is 2.73. The van der Waals surface area contributed by atoms with E-state index >= 15 is 0 Å². The molecule has 0 aliphatic heterocycles. The largest absolute Gasteiger partial charge is 0.456 e. The first-order valence-corrected chi connectivity index (χ1v) is 5.18. The molecule has 1 aromatic heterocycles. The van der Waals surface area contributed by atoms with Gasteiger partial charge in [-0.3, -0.25) is 4.79 Å². The van der Waals surface area contributed by atoms with Gasteiger partial charge in [-0.05, 0) is 18.2 Å². The van der Waals surface area contributed by atoms with Crippen molar-refractivity contribution in [1.82, 2.24) is 0 Å². The molecule has 0 atom stereocenters. The summed E-state index contributed by atoms with van der Waals surface area (Å²) < 4.78 is 5.68. The molecule has 0 bridgehead atoms. The number of fused-ring (bicyclic) bond motifs is 2. The molecule has 1 heterocycles. The number of hydrogen-bond donors (Lipinski definition) is 0. The van der Waals surface area contributed by atoms with Crippen molar-refractivity contribution in [2.45, 2.75) is 0 Å². The van der Waals surface area contributed by atoms with Crippen LogP contribution in [0.25, 0.3) is 21.9 Å². The van der Waals surface area contributed by atoms with Crippen molar-refractivity contribution in [2.75, 3.05) is 0 Å². The molecule has 16 heavy (non-hydrogen) atoms. The minimum atomic E-state index is 0.0422. The molecule has 0 saturated carbocycles. The molecule has 2 nitrogen and oxygen atoms in total. The molecule has 0 radical (unpaired) electrons. The third-order valence-electron chi connectivity index (χ3n) is 2.73. The topological polar surface area (TPSA) is 30.2 Å². The lowest BCUT2D eigenvalue weighted by molar-refractivity contribution is 0.660. The maximum absolute atomic E-state index is 12.2. The zero-order valence-electron chi connectivity index (χ0n) is 8.86. The Hall–Kier alpha value is -2.03. The van der Waals surface area contributed by atoms with Crippen LogP contribution in [-0.2, 0) is 0 Å². The van der Waals surface area contributed by atoms with Crippen LogP contribution in [0.5, 0.6) is 0 Å². The van der Waals surface area contributed by atoms with Crippen LogP contribution >= 0.6 is 0 Å². The van der Waals surface area contributed by atoms with Crippen LogP contribution in [0.15, 0.2) is 51.7 Å². The molecule has 3 rings (SSSR count). The summed E-state index contributed by atoms with van der Waals surface area (Å²) in [4.78, 5) is 12.2. The van der Waals surface area contributed by atoms with E-state index in [4.69, 9.17) is 4.42 Å². The summed E-state index contributed by atoms with van der Waals surface area (Å²) in [6, 6.07) is 13.0. The second-order valence-corrected chi connectivity index (χ2v) is 3.93. The van der Waals surface area contributed by atoms with Crippen molar-refractivity contribution in [1.29, 1.82) is 0 Å². The second kappa shape index (κ2) is 3.24. The highest BCUT2D eigenvalue weighted by atomic mass is 16.3. The Morgan fingerprint density at radius 2 is 1.69 bits per heavy atom. The minimum Gasteiger partial charge on any atom is -0.456 e. The van der Waals surface area contributed by atoms with Crippen LogP contribution < -0.4 is 10.9 Å². The maximum Gasteiger partial charge on any atom is 0.200 e. The van der Waals surface area contributed by atoms with Gasteiger partial charge in [-0.15, -0.1) is 0 Å². The highest BCUT2D eigenvalue weighted by molar-refractivity contribution is 6.33. The monoisotopic (exact) mass is 208 g/mol. The van der Waals surface area contributed by atoms with Gasteiger partial charge in [-0.25, -0.2) is 0 Å².